The molecule has 1 aliphatic rings. The number of carbonyl (C=O) groups excluding carboxylic acids is 1. The average Bonchev–Trinajstić information content (AvgIpc) is 2.84. The summed E-state index contributed by atoms with van der Waals surface area (Å²) in [6, 6.07) is 9.11. The van der Waals surface area contributed by atoms with Gasteiger partial charge in [-0.25, -0.2) is 4.79 Å². The van der Waals surface area contributed by atoms with Crippen molar-refractivity contribution in [3.05, 3.63) is 58.0 Å². The number of esters is 1. The van der Waals surface area contributed by atoms with E-state index in [-0.39, 0.29) is 5.97 Å². The van der Waals surface area contributed by atoms with E-state index in [9.17, 15) is 4.79 Å². The van der Waals surface area contributed by atoms with Crippen LogP contribution in [0.3, 0.4) is 0 Å². The fourth-order valence-electron chi connectivity index (χ4n) is 1.83. The van der Waals surface area contributed by atoms with Crippen molar-refractivity contribution >= 4 is 21.9 Å². The first kappa shape index (κ1) is 9.66. The van der Waals surface area contributed by atoms with E-state index < -0.39 is 6.10 Å². The Hall–Kier alpha value is -1.55. The van der Waals surface area contributed by atoms with E-state index in [1.165, 1.54) is 0 Å². The molecule has 80 valence electrons. The number of ether oxygens (including phenoxy) is 1. The molecule has 3 nitrogen and oxygen atoms in total. The van der Waals surface area contributed by atoms with Gasteiger partial charge in [-0.15, -0.1) is 0 Å². The normalized spacial score (nSPS) is 18.3. The molecule has 0 amide bonds. The van der Waals surface area contributed by atoms with Crippen LogP contribution in [-0.2, 0) is 4.74 Å². The highest BCUT2D eigenvalue weighted by molar-refractivity contribution is 9.10. The number of rotatable bonds is 1. The Bertz CT molecular complexity index is 559. The van der Waals surface area contributed by atoms with Crippen LogP contribution < -0.4 is 0 Å². The van der Waals surface area contributed by atoms with Crippen LogP contribution >= 0.6 is 15.9 Å². The van der Waals surface area contributed by atoms with Gasteiger partial charge in [0, 0.05) is 5.56 Å². The summed E-state index contributed by atoms with van der Waals surface area (Å²) in [6.45, 7) is 0. The number of furan rings is 1. The fourth-order valence-corrected chi connectivity index (χ4v) is 2.24. The van der Waals surface area contributed by atoms with Crippen LogP contribution in [0, 0.1) is 0 Å². The van der Waals surface area contributed by atoms with E-state index in [0.29, 0.717) is 11.3 Å². The van der Waals surface area contributed by atoms with E-state index >= 15 is 0 Å². The van der Waals surface area contributed by atoms with Gasteiger partial charge < -0.3 is 9.15 Å². The molecule has 1 aromatic carbocycles. The maximum absolute atomic E-state index is 11.6. The lowest BCUT2D eigenvalue weighted by molar-refractivity contribution is 0.0419. The van der Waals surface area contributed by atoms with E-state index in [2.05, 4.69) is 15.9 Å². The van der Waals surface area contributed by atoms with Crippen LogP contribution in [0.25, 0.3) is 0 Å². The Labute approximate surface area is 100 Å². The zero-order valence-electron chi connectivity index (χ0n) is 8.14. The first-order valence-corrected chi connectivity index (χ1v) is 5.59. The molecule has 0 bridgehead atoms. The van der Waals surface area contributed by atoms with Gasteiger partial charge in [0.25, 0.3) is 0 Å². The summed E-state index contributed by atoms with van der Waals surface area (Å²) in [7, 11) is 0. The Kier molecular flexibility index (Phi) is 2.11. The monoisotopic (exact) mass is 278 g/mol. The van der Waals surface area contributed by atoms with Gasteiger partial charge in [-0.2, -0.15) is 0 Å². The van der Waals surface area contributed by atoms with Crippen molar-refractivity contribution in [1.29, 1.82) is 0 Å². The highest BCUT2D eigenvalue weighted by Gasteiger charge is 2.34. The van der Waals surface area contributed by atoms with Crippen molar-refractivity contribution in [3.8, 4) is 0 Å². The summed E-state index contributed by atoms with van der Waals surface area (Å²) in [5.41, 5.74) is 1.46. The minimum atomic E-state index is -0.437. The Balaban J connectivity index is 2.14. The minimum Gasteiger partial charge on any atom is -0.464 e. The third-order valence-electron chi connectivity index (χ3n) is 2.57. The van der Waals surface area contributed by atoms with Gasteiger partial charge >= 0.3 is 5.97 Å². The van der Waals surface area contributed by atoms with Crippen LogP contribution in [0.1, 0.15) is 27.8 Å². The van der Waals surface area contributed by atoms with Gasteiger partial charge in [0.05, 0.1) is 16.3 Å². The van der Waals surface area contributed by atoms with Gasteiger partial charge in [-0.05, 0) is 28.1 Å². The molecular weight excluding hydrogens is 272 g/mol. The van der Waals surface area contributed by atoms with E-state index in [0.717, 1.165) is 10.0 Å². The molecule has 1 atom stereocenters. The second kappa shape index (κ2) is 3.49. The van der Waals surface area contributed by atoms with Crippen molar-refractivity contribution in [1.82, 2.24) is 0 Å². The molecule has 0 saturated heterocycles. The Morgan fingerprint density at radius 1 is 1.19 bits per heavy atom. The van der Waals surface area contributed by atoms with Crippen molar-refractivity contribution in [2.45, 2.75) is 6.10 Å². The molecule has 4 heteroatoms. The van der Waals surface area contributed by atoms with Gasteiger partial charge in [0.1, 0.15) is 0 Å². The van der Waals surface area contributed by atoms with Crippen LogP contribution in [0.2, 0.25) is 0 Å². The fraction of sp³-hybridized carbons (Fsp3) is 0.0833. The van der Waals surface area contributed by atoms with Gasteiger partial charge in [0.15, 0.2) is 11.9 Å². The summed E-state index contributed by atoms with van der Waals surface area (Å²) < 4.78 is 11.4. The molecule has 0 N–H and O–H groups in total. The SMILES string of the molecule is O=C1OC(c2occc2Br)c2ccccc21. The topological polar surface area (TPSA) is 39.4 Å². The summed E-state index contributed by atoms with van der Waals surface area (Å²) in [6.07, 6.45) is 1.13. The highest BCUT2D eigenvalue weighted by Crippen LogP contribution is 2.38. The molecule has 0 saturated carbocycles. The predicted octanol–water partition coefficient (Wildman–Crippen LogP) is 3.30. The molecule has 1 unspecified atom stereocenters. The summed E-state index contributed by atoms with van der Waals surface area (Å²) in [4.78, 5) is 11.6. The Morgan fingerprint density at radius 3 is 2.75 bits per heavy atom. The lowest BCUT2D eigenvalue weighted by atomic mass is 10.0. The zero-order valence-corrected chi connectivity index (χ0v) is 9.73. The van der Waals surface area contributed by atoms with Crippen LogP contribution in [-0.4, -0.2) is 5.97 Å². The summed E-state index contributed by atoms with van der Waals surface area (Å²) >= 11 is 3.36. The van der Waals surface area contributed by atoms with Crippen LogP contribution in [0.5, 0.6) is 0 Å². The lowest BCUT2D eigenvalue weighted by Crippen LogP contribution is -1.99. The largest absolute Gasteiger partial charge is 0.464 e. The van der Waals surface area contributed by atoms with Crippen molar-refractivity contribution < 1.29 is 13.9 Å². The maximum Gasteiger partial charge on any atom is 0.339 e. The van der Waals surface area contributed by atoms with Gasteiger partial charge in [0.2, 0.25) is 0 Å². The number of carbonyl (C=O) groups is 1. The third kappa shape index (κ3) is 1.30. The zero-order chi connectivity index (χ0) is 11.1. The molecule has 0 aliphatic carbocycles. The van der Waals surface area contributed by atoms with Gasteiger partial charge in [-0.3, -0.25) is 0 Å². The van der Waals surface area contributed by atoms with Crippen LogP contribution in [0.4, 0.5) is 0 Å². The molecular formula is C12H7BrO3. The van der Waals surface area contributed by atoms with Crippen LogP contribution in [0.15, 0.2) is 45.5 Å². The maximum atomic E-state index is 11.6. The van der Waals surface area contributed by atoms with Crippen molar-refractivity contribution in [3.63, 3.8) is 0 Å². The molecule has 1 aliphatic heterocycles. The number of fused-ring (bicyclic) bond motifs is 1. The molecule has 0 spiro atoms. The lowest BCUT2D eigenvalue weighted by Gasteiger charge is -2.07. The number of hydrogen-bond donors (Lipinski definition) is 0. The first-order chi connectivity index (χ1) is 7.77. The number of halogens is 1. The predicted molar refractivity (Wildman–Crippen MR) is 60.1 cm³/mol. The number of hydrogen-bond acceptors (Lipinski definition) is 3. The Morgan fingerprint density at radius 2 is 2.00 bits per heavy atom. The van der Waals surface area contributed by atoms with E-state index in [1.807, 2.05) is 18.2 Å². The molecule has 0 radical (unpaired) electrons. The molecule has 3 rings (SSSR count). The second-order valence-corrected chi connectivity index (χ2v) is 4.36. The van der Waals surface area contributed by atoms with Crippen molar-refractivity contribution in [2.24, 2.45) is 0 Å². The molecule has 16 heavy (non-hydrogen) atoms. The standard InChI is InChI=1S/C12H7BrO3/c13-9-5-6-15-11(9)10-7-3-1-2-4-8(7)12(14)16-10/h1-6,10H. The number of cyclic esters (lactones) is 1. The third-order valence-corrected chi connectivity index (χ3v) is 3.23. The van der Waals surface area contributed by atoms with E-state index in [1.54, 1.807) is 18.4 Å². The summed E-state index contributed by atoms with van der Waals surface area (Å²) in [5, 5.41) is 0. The van der Waals surface area contributed by atoms with Gasteiger partial charge in [-0.1, -0.05) is 18.2 Å². The smallest absolute Gasteiger partial charge is 0.339 e. The average molecular weight is 279 g/mol. The molecule has 2 aromatic rings. The quantitative estimate of drug-likeness (QED) is 0.752. The number of benzene rings is 1. The minimum absolute atomic E-state index is 0.302. The molecule has 0 fully saturated rings. The van der Waals surface area contributed by atoms with Crippen molar-refractivity contribution in [2.75, 3.05) is 0 Å². The molecule has 1 aromatic heterocycles. The first-order valence-electron chi connectivity index (χ1n) is 4.80. The van der Waals surface area contributed by atoms with E-state index in [4.69, 9.17) is 9.15 Å². The highest BCUT2D eigenvalue weighted by atomic mass is 79.9. The summed E-state index contributed by atoms with van der Waals surface area (Å²) in [5.74, 6) is 0.321. The second-order valence-electron chi connectivity index (χ2n) is 3.51. The molecule has 2 heterocycles.